The predicted octanol–water partition coefficient (Wildman–Crippen LogP) is 2.50. The fraction of sp³-hybridized carbons (Fsp3) is 0.714. The first-order chi connectivity index (χ1) is 13.6. The van der Waals surface area contributed by atoms with Gasteiger partial charge >= 0.3 is 6.61 Å². The number of piperidine rings is 1. The van der Waals surface area contributed by atoms with E-state index in [0.29, 0.717) is 18.5 Å². The molecular formula is C21H33F2N3O2. The third-order valence-electron chi connectivity index (χ3n) is 6.10. The molecule has 0 aliphatic carbocycles. The number of piperazine rings is 1. The van der Waals surface area contributed by atoms with Crippen LogP contribution in [0.15, 0.2) is 24.3 Å². The van der Waals surface area contributed by atoms with Crippen LogP contribution in [0.2, 0.25) is 0 Å². The largest absolute Gasteiger partial charge is 0.434 e. The molecule has 0 bridgehead atoms. The summed E-state index contributed by atoms with van der Waals surface area (Å²) in [7, 11) is 2.17. The van der Waals surface area contributed by atoms with Crippen LogP contribution in [0.5, 0.6) is 5.75 Å². The summed E-state index contributed by atoms with van der Waals surface area (Å²) in [5, 5.41) is 9.33. The van der Waals surface area contributed by atoms with Crippen molar-refractivity contribution in [1.82, 2.24) is 14.7 Å². The summed E-state index contributed by atoms with van der Waals surface area (Å²) in [4.78, 5) is 7.34. The topological polar surface area (TPSA) is 39.2 Å². The molecule has 2 heterocycles. The van der Waals surface area contributed by atoms with E-state index in [0.717, 1.165) is 64.1 Å². The second kappa shape index (κ2) is 10.5. The highest BCUT2D eigenvalue weighted by Gasteiger charge is 2.34. The molecule has 0 amide bonds. The molecule has 3 rings (SSSR count). The normalized spacial score (nSPS) is 25.3. The van der Waals surface area contributed by atoms with E-state index in [1.54, 1.807) is 12.1 Å². The maximum Gasteiger partial charge on any atom is 0.387 e. The molecule has 1 aromatic rings. The third-order valence-corrected chi connectivity index (χ3v) is 6.10. The number of alkyl halides is 2. The molecule has 2 atom stereocenters. The van der Waals surface area contributed by atoms with Gasteiger partial charge in [0, 0.05) is 57.5 Å². The molecule has 0 aromatic heterocycles. The van der Waals surface area contributed by atoms with E-state index in [9.17, 15) is 13.9 Å². The van der Waals surface area contributed by atoms with E-state index in [1.807, 2.05) is 12.1 Å². The van der Waals surface area contributed by atoms with Crippen molar-refractivity contribution in [2.24, 2.45) is 5.92 Å². The van der Waals surface area contributed by atoms with Gasteiger partial charge in [-0.3, -0.25) is 9.80 Å². The van der Waals surface area contributed by atoms with Crippen molar-refractivity contribution in [2.45, 2.75) is 38.5 Å². The van der Waals surface area contributed by atoms with Crippen LogP contribution >= 0.6 is 0 Å². The zero-order valence-electron chi connectivity index (χ0n) is 16.8. The molecule has 2 fully saturated rings. The zero-order valence-corrected chi connectivity index (χ0v) is 16.8. The number of likely N-dealkylation sites (N-methyl/N-ethyl adjacent to an activating group) is 1. The van der Waals surface area contributed by atoms with Crippen molar-refractivity contribution >= 4 is 0 Å². The number of halogens is 2. The Bertz CT molecular complexity index is 597. The van der Waals surface area contributed by atoms with Crippen molar-refractivity contribution in [3.63, 3.8) is 0 Å². The lowest BCUT2D eigenvalue weighted by Crippen LogP contribution is -2.56. The highest BCUT2D eigenvalue weighted by Crippen LogP contribution is 2.29. The molecule has 2 saturated heterocycles. The van der Waals surface area contributed by atoms with Gasteiger partial charge in [0.15, 0.2) is 0 Å². The number of para-hydroxylation sites is 1. The second-order valence-electron chi connectivity index (χ2n) is 8.04. The van der Waals surface area contributed by atoms with Crippen molar-refractivity contribution in [2.75, 3.05) is 52.9 Å². The molecular weight excluding hydrogens is 364 g/mol. The van der Waals surface area contributed by atoms with Crippen LogP contribution in [0.25, 0.3) is 0 Å². The number of nitrogens with zero attached hydrogens (tertiary/aromatic N) is 3. The monoisotopic (exact) mass is 397 g/mol. The first-order valence-electron chi connectivity index (χ1n) is 10.4. The molecule has 0 saturated carbocycles. The summed E-state index contributed by atoms with van der Waals surface area (Å²) < 4.78 is 30.1. The van der Waals surface area contributed by atoms with Gasteiger partial charge in [-0.1, -0.05) is 18.2 Å². The van der Waals surface area contributed by atoms with Gasteiger partial charge in [-0.05, 0) is 44.8 Å². The molecule has 1 aromatic carbocycles. The summed E-state index contributed by atoms with van der Waals surface area (Å²) in [6, 6.07) is 7.62. The standard InChI is InChI=1S/C21H33F2N3O2/c1-24-10-12-26(13-11-24)19-8-9-25(15-17(19)6-4-14-27)16-18-5-2-3-7-20(18)28-21(22)23/h2-3,5,7,17,19,21,27H,4,6,8-16H2,1H3/t17-,19+/m1/s1. The first kappa shape index (κ1) is 21.4. The molecule has 7 heteroatoms. The van der Waals surface area contributed by atoms with Crippen molar-refractivity contribution in [3.8, 4) is 5.75 Å². The average Bonchev–Trinajstić information content (AvgIpc) is 2.68. The lowest BCUT2D eigenvalue weighted by Gasteiger charge is -2.46. The van der Waals surface area contributed by atoms with Gasteiger partial charge in [0.2, 0.25) is 0 Å². The molecule has 2 aliphatic rings. The Balaban J connectivity index is 1.64. The number of aliphatic hydroxyl groups excluding tert-OH is 1. The van der Waals surface area contributed by atoms with E-state index in [1.165, 1.54) is 0 Å². The van der Waals surface area contributed by atoms with Crippen LogP contribution < -0.4 is 4.74 Å². The van der Waals surface area contributed by atoms with Gasteiger partial charge in [0.05, 0.1) is 0 Å². The molecule has 5 nitrogen and oxygen atoms in total. The SMILES string of the molecule is CN1CCN([C@H]2CCN(Cc3ccccc3OC(F)F)C[C@H]2CCCO)CC1. The Morgan fingerprint density at radius 3 is 2.61 bits per heavy atom. The van der Waals surface area contributed by atoms with E-state index >= 15 is 0 Å². The van der Waals surface area contributed by atoms with Gasteiger partial charge in [0.1, 0.15) is 5.75 Å². The number of hydrogen-bond donors (Lipinski definition) is 1. The fourth-order valence-corrected chi connectivity index (χ4v) is 4.60. The van der Waals surface area contributed by atoms with Crippen LogP contribution in [0.3, 0.4) is 0 Å². The van der Waals surface area contributed by atoms with Gasteiger partial charge in [0.25, 0.3) is 0 Å². The molecule has 2 aliphatic heterocycles. The predicted molar refractivity (Wildman–Crippen MR) is 106 cm³/mol. The summed E-state index contributed by atoms with van der Waals surface area (Å²) in [6.07, 6.45) is 2.89. The van der Waals surface area contributed by atoms with Crippen molar-refractivity contribution in [3.05, 3.63) is 29.8 Å². The van der Waals surface area contributed by atoms with Gasteiger partial charge < -0.3 is 14.7 Å². The Morgan fingerprint density at radius 1 is 1.14 bits per heavy atom. The molecule has 0 radical (unpaired) electrons. The number of aliphatic hydroxyl groups is 1. The highest BCUT2D eigenvalue weighted by atomic mass is 19.3. The molecule has 28 heavy (non-hydrogen) atoms. The number of ether oxygens (including phenoxy) is 1. The minimum atomic E-state index is -2.80. The zero-order chi connectivity index (χ0) is 19.9. The number of rotatable bonds is 8. The van der Waals surface area contributed by atoms with E-state index in [4.69, 9.17) is 4.74 Å². The fourth-order valence-electron chi connectivity index (χ4n) is 4.60. The van der Waals surface area contributed by atoms with E-state index < -0.39 is 6.61 Å². The molecule has 0 unspecified atom stereocenters. The van der Waals surface area contributed by atoms with Crippen LogP contribution in [0.1, 0.15) is 24.8 Å². The van der Waals surface area contributed by atoms with Crippen LogP contribution in [0, 0.1) is 5.92 Å². The van der Waals surface area contributed by atoms with Crippen LogP contribution in [-0.2, 0) is 6.54 Å². The molecule has 0 spiro atoms. The Morgan fingerprint density at radius 2 is 1.89 bits per heavy atom. The lowest BCUT2D eigenvalue weighted by molar-refractivity contribution is -0.0510. The average molecular weight is 398 g/mol. The Kier molecular flexibility index (Phi) is 8.02. The van der Waals surface area contributed by atoms with Crippen LogP contribution in [-0.4, -0.2) is 85.4 Å². The van der Waals surface area contributed by atoms with Gasteiger partial charge in [-0.2, -0.15) is 8.78 Å². The smallest absolute Gasteiger partial charge is 0.387 e. The van der Waals surface area contributed by atoms with Crippen molar-refractivity contribution in [1.29, 1.82) is 0 Å². The summed E-state index contributed by atoms with van der Waals surface area (Å²) in [5.74, 6) is 0.762. The van der Waals surface area contributed by atoms with Crippen LogP contribution in [0.4, 0.5) is 8.78 Å². The van der Waals surface area contributed by atoms with Crippen molar-refractivity contribution < 1.29 is 18.6 Å². The quantitative estimate of drug-likeness (QED) is 0.730. The maximum atomic E-state index is 12.7. The maximum absolute atomic E-state index is 12.7. The van der Waals surface area contributed by atoms with Gasteiger partial charge in [-0.15, -0.1) is 0 Å². The third kappa shape index (κ3) is 5.86. The minimum Gasteiger partial charge on any atom is -0.434 e. The highest BCUT2D eigenvalue weighted by molar-refractivity contribution is 5.33. The summed E-state index contributed by atoms with van der Waals surface area (Å²) in [5.41, 5.74) is 0.807. The minimum absolute atomic E-state index is 0.219. The molecule has 1 N–H and O–H groups in total. The Labute approximate surface area is 166 Å². The number of hydrogen-bond acceptors (Lipinski definition) is 5. The lowest BCUT2D eigenvalue weighted by atomic mass is 9.86. The number of likely N-dealkylation sites (tertiary alicyclic amines) is 1. The van der Waals surface area contributed by atoms with Gasteiger partial charge in [-0.25, -0.2) is 0 Å². The second-order valence-corrected chi connectivity index (χ2v) is 8.04. The first-order valence-corrected chi connectivity index (χ1v) is 10.4. The summed E-state index contributed by atoms with van der Waals surface area (Å²) in [6.45, 7) is 4.32. The van der Waals surface area contributed by atoms with E-state index in [2.05, 4.69) is 21.7 Å². The van der Waals surface area contributed by atoms with E-state index in [-0.39, 0.29) is 12.4 Å². The summed E-state index contributed by atoms with van der Waals surface area (Å²) >= 11 is 0. The number of benzene rings is 1. The Hall–Kier alpha value is -1.28. The molecule has 158 valence electrons.